The standard InChI is InChI=1S/C16H19Br2N3O3S/c1-11-19-15(20-24-11)16(8-4-2-3-5-9-16)21-25(22,23)14-10-12(17)6-7-13(14)18/h6-7,10,21H,2-5,8-9H2,1H3. The van der Waals surface area contributed by atoms with Crippen molar-refractivity contribution in [2.24, 2.45) is 0 Å². The molecule has 0 saturated heterocycles. The monoisotopic (exact) mass is 491 g/mol. The van der Waals surface area contributed by atoms with Gasteiger partial charge in [-0.05, 0) is 47.0 Å². The van der Waals surface area contributed by atoms with Crippen molar-refractivity contribution in [2.75, 3.05) is 0 Å². The quantitative estimate of drug-likeness (QED) is 0.638. The van der Waals surface area contributed by atoms with Crippen molar-refractivity contribution in [2.45, 2.75) is 55.9 Å². The van der Waals surface area contributed by atoms with Gasteiger partial charge in [0.2, 0.25) is 15.9 Å². The summed E-state index contributed by atoms with van der Waals surface area (Å²) in [5.41, 5.74) is -0.838. The fraction of sp³-hybridized carbons (Fsp3) is 0.500. The van der Waals surface area contributed by atoms with Gasteiger partial charge in [0.25, 0.3) is 0 Å². The zero-order valence-electron chi connectivity index (χ0n) is 13.8. The summed E-state index contributed by atoms with van der Waals surface area (Å²) >= 11 is 6.67. The molecule has 0 amide bonds. The molecule has 2 aromatic rings. The predicted octanol–water partition coefficient (Wildman–Crippen LogP) is 4.43. The Morgan fingerprint density at radius 3 is 2.44 bits per heavy atom. The summed E-state index contributed by atoms with van der Waals surface area (Å²) in [6, 6.07) is 5.07. The van der Waals surface area contributed by atoms with E-state index in [0.29, 0.717) is 33.5 Å². The maximum absolute atomic E-state index is 13.1. The van der Waals surface area contributed by atoms with Crippen molar-refractivity contribution < 1.29 is 12.9 Å². The van der Waals surface area contributed by atoms with Gasteiger partial charge in [-0.3, -0.25) is 0 Å². The van der Waals surface area contributed by atoms with Crippen LogP contribution in [0.2, 0.25) is 0 Å². The van der Waals surface area contributed by atoms with E-state index in [1.165, 1.54) is 0 Å². The summed E-state index contributed by atoms with van der Waals surface area (Å²) in [6.45, 7) is 1.71. The highest BCUT2D eigenvalue weighted by Gasteiger charge is 2.41. The first-order valence-electron chi connectivity index (χ1n) is 8.12. The smallest absolute Gasteiger partial charge is 0.242 e. The van der Waals surface area contributed by atoms with Crippen molar-refractivity contribution in [3.05, 3.63) is 38.9 Å². The van der Waals surface area contributed by atoms with Gasteiger partial charge in [-0.1, -0.05) is 46.8 Å². The van der Waals surface area contributed by atoms with Gasteiger partial charge in [-0.15, -0.1) is 0 Å². The number of nitrogens with zero attached hydrogens (tertiary/aromatic N) is 2. The third kappa shape index (κ3) is 4.15. The molecule has 1 N–H and O–H groups in total. The highest BCUT2D eigenvalue weighted by molar-refractivity contribution is 9.11. The van der Waals surface area contributed by atoms with Crippen LogP contribution in [-0.4, -0.2) is 18.6 Å². The molecule has 0 radical (unpaired) electrons. The largest absolute Gasteiger partial charge is 0.340 e. The van der Waals surface area contributed by atoms with E-state index in [1.54, 1.807) is 25.1 Å². The average Bonchev–Trinajstić information content (AvgIpc) is 2.86. The van der Waals surface area contributed by atoms with Gasteiger partial charge in [0.15, 0.2) is 5.82 Å². The van der Waals surface area contributed by atoms with E-state index in [2.05, 4.69) is 46.7 Å². The molecule has 9 heteroatoms. The van der Waals surface area contributed by atoms with Crippen molar-refractivity contribution in [3.8, 4) is 0 Å². The molecule has 1 aromatic carbocycles. The van der Waals surface area contributed by atoms with Crippen LogP contribution in [0, 0.1) is 6.92 Å². The molecule has 1 fully saturated rings. The number of aromatic nitrogens is 2. The highest BCUT2D eigenvalue weighted by Crippen LogP contribution is 2.37. The summed E-state index contributed by atoms with van der Waals surface area (Å²) < 4.78 is 35.5. The zero-order chi connectivity index (χ0) is 18.1. The van der Waals surface area contributed by atoms with Crippen LogP contribution in [0.15, 0.2) is 36.6 Å². The minimum absolute atomic E-state index is 0.186. The lowest BCUT2D eigenvalue weighted by atomic mass is 9.91. The van der Waals surface area contributed by atoms with Gasteiger partial charge in [-0.25, -0.2) is 8.42 Å². The molecule has 0 unspecified atom stereocenters. The highest BCUT2D eigenvalue weighted by atomic mass is 79.9. The maximum Gasteiger partial charge on any atom is 0.242 e. The third-order valence-electron chi connectivity index (χ3n) is 4.43. The molecule has 1 heterocycles. The average molecular weight is 493 g/mol. The molecule has 1 aliphatic rings. The van der Waals surface area contributed by atoms with Crippen LogP contribution in [-0.2, 0) is 15.6 Å². The molecule has 1 saturated carbocycles. The molecular weight excluding hydrogens is 474 g/mol. The second kappa shape index (κ2) is 7.46. The zero-order valence-corrected chi connectivity index (χ0v) is 17.7. The first kappa shape index (κ1) is 19.0. The summed E-state index contributed by atoms with van der Waals surface area (Å²) in [4.78, 5) is 4.53. The second-order valence-electron chi connectivity index (χ2n) is 6.31. The SMILES string of the molecule is Cc1nc(C2(NS(=O)(=O)c3cc(Br)ccc3Br)CCCCCC2)no1. The Hall–Kier alpha value is -0.770. The first-order valence-corrected chi connectivity index (χ1v) is 11.2. The van der Waals surface area contributed by atoms with E-state index >= 15 is 0 Å². The van der Waals surface area contributed by atoms with Crippen molar-refractivity contribution in [1.29, 1.82) is 0 Å². The van der Waals surface area contributed by atoms with Gasteiger partial charge >= 0.3 is 0 Å². The first-order chi connectivity index (χ1) is 11.8. The van der Waals surface area contributed by atoms with Crippen LogP contribution in [0.5, 0.6) is 0 Å². The molecule has 6 nitrogen and oxygen atoms in total. The normalized spacial score (nSPS) is 18.0. The Labute approximate surface area is 164 Å². The number of rotatable bonds is 4. The number of sulfonamides is 1. The summed E-state index contributed by atoms with van der Waals surface area (Å²) in [7, 11) is -3.78. The van der Waals surface area contributed by atoms with Gasteiger partial charge < -0.3 is 4.52 Å². The van der Waals surface area contributed by atoms with E-state index in [-0.39, 0.29) is 4.90 Å². The predicted molar refractivity (Wildman–Crippen MR) is 101 cm³/mol. The summed E-state index contributed by atoms with van der Waals surface area (Å²) in [5.74, 6) is 0.850. The van der Waals surface area contributed by atoms with Gasteiger partial charge in [0.05, 0.1) is 10.4 Å². The van der Waals surface area contributed by atoms with Crippen molar-refractivity contribution in [3.63, 3.8) is 0 Å². The molecule has 136 valence electrons. The Morgan fingerprint density at radius 1 is 1.16 bits per heavy atom. The van der Waals surface area contributed by atoms with Crippen LogP contribution in [0.1, 0.15) is 50.2 Å². The molecule has 1 aromatic heterocycles. The minimum atomic E-state index is -3.78. The number of halogens is 2. The Bertz CT molecular complexity index is 859. The number of benzene rings is 1. The molecule has 0 spiro atoms. The van der Waals surface area contributed by atoms with Crippen LogP contribution in [0.3, 0.4) is 0 Å². The second-order valence-corrected chi connectivity index (χ2v) is 9.73. The lowest BCUT2D eigenvalue weighted by Crippen LogP contribution is -2.46. The molecule has 0 bridgehead atoms. The molecule has 3 rings (SSSR count). The minimum Gasteiger partial charge on any atom is -0.340 e. The molecule has 0 atom stereocenters. The number of hydrogen-bond acceptors (Lipinski definition) is 5. The lowest BCUT2D eigenvalue weighted by Gasteiger charge is -2.30. The molecule has 25 heavy (non-hydrogen) atoms. The lowest BCUT2D eigenvalue weighted by molar-refractivity contribution is 0.301. The van der Waals surface area contributed by atoms with Crippen LogP contribution in [0.4, 0.5) is 0 Å². The van der Waals surface area contributed by atoms with Crippen LogP contribution < -0.4 is 4.72 Å². The number of hydrogen-bond donors (Lipinski definition) is 1. The fourth-order valence-corrected chi connectivity index (χ4v) is 6.12. The Morgan fingerprint density at radius 2 is 1.84 bits per heavy atom. The molecular formula is C16H19Br2N3O3S. The van der Waals surface area contributed by atoms with E-state index in [4.69, 9.17) is 4.52 Å². The van der Waals surface area contributed by atoms with Crippen LogP contribution in [0.25, 0.3) is 0 Å². The van der Waals surface area contributed by atoms with Crippen molar-refractivity contribution in [1.82, 2.24) is 14.9 Å². The van der Waals surface area contributed by atoms with Crippen molar-refractivity contribution >= 4 is 41.9 Å². The van der Waals surface area contributed by atoms with Gasteiger partial charge in [0, 0.05) is 15.9 Å². The van der Waals surface area contributed by atoms with Gasteiger partial charge in [0.1, 0.15) is 0 Å². The number of aryl methyl sites for hydroxylation is 1. The summed E-state index contributed by atoms with van der Waals surface area (Å²) in [5, 5.41) is 4.04. The van der Waals surface area contributed by atoms with E-state index < -0.39 is 15.6 Å². The van der Waals surface area contributed by atoms with Gasteiger partial charge in [-0.2, -0.15) is 9.71 Å². The third-order valence-corrected chi connectivity index (χ3v) is 7.45. The van der Waals surface area contributed by atoms with E-state index in [0.717, 1.165) is 25.7 Å². The van der Waals surface area contributed by atoms with E-state index in [9.17, 15) is 8.42 Å². The maximum atomic E-state index is 13.1. The summed E-state index contributed by atoms with van der Waals surface area (Å²) in [6.07, 6.45) is 5.26. The number of nitrogens with one attached hydrogen (secondary N) is 1. The van der Waals surface area contributed by atoms with E-state index in [1.807, 2.05) is 0 Å². The molecule has 1 aliphatic carbocycles. The fourth-order valence-electron chi connectivity index (χ4n) is 3.19. The molecule has 0 aliphatic heterocycles. The van der Waals surface area contributed by atoms with Crippen LogP contribution >= 0.6 is 31.9 Å². The Balaban J connectivity index is 2.04. The topological polar surface area (TPSA) is 85.1 Å². The Kier molecular flexibility index (Phi) is 5.67.